The van der Waals surface area contributed by atoms with Crippen molar-refractivity contribution in [2.45, 2.75) is 46.2 Å². The lowest BCUT2D eigenvalue weighted by Gasteiger charge is -2.30. The first-order valence-electron chi connectivity index (χ1n) is 7.85. The molecule has 2 aromatic rings. The van der Waals surface area contributed by atoms with Crippen molar-refractivity contribution in [1.29, 1.82) is 0 Å². The Bertz CT molecular complexity index is 576. The molecule has 0 aromatic heterocycles. The van der Waals surface area contributed by atoms with E-state index in [0.29, 0.717) is 12.1 Å². The summed E-state index contributed by atoms with van der Waals surface area (Å²) < 4.78 is 5.56. The fraction of sp³-hybridized carbons (Fsp3) is 0.474. The first-order chi connectivity index (χ1) is 10.0. The van der Waals surface area contributed by atoms with Gasteiger partial charge in [-0.1, -0.05) is 30.3 Å². The molecule has 0 radical (unpaired) electrons. The number of fused-ring (bicyclic) bond motifs is 1. The van der Waals surface area contributed by atoms with Gasteiger partial charge in [-0.25, -0.2) is 0 Å². The summed E-state index contributed by atoms with van der Waals surface area (Å²) in [5.41, 5.74) is 1.37. The van der Waals surface area contributed by atoms with Crippen molar-refractivity contribution in [2.24, 2.45) is 0 Å². The highest BCUT2D eigenvalue weighted by atomic mass is 16.5. The van der Waals surface area contributed by atoms with Crippen LogP contribution in [0.5, 0.6) is 5.75 Å². The van der Waals surface area contributed by atoms with Crippen molar-refractivity contribution in [2.75, 3.05) is 13.7 Å². The molecule has 0 aliphatic heterocycles. The van der Waals surface area contributed by atoms with Crippen LogP contribution in [-0.2, 0) is 6.42 Å². The van der Waals surface area contributed by atoms with Crippen molar-refractivity contribution in [1.82, 2.24) is 4.90 Å². The fourth-order valence-corrected chi connectivity index (χ4v) is 3.12. The molecule has 0 aliphatic carbocycles. The Kier molecular flexibility index (Phi) is 5.24. The minimum Gasteiger partial charge on any atom is -0.496 e. The zero-order valence-electron chi connectivity index (χ0n) is 13.9. The lowest BCUT2D eigenvalue weighted by Crippen LogP contribution is -2.38. The summed E-state index contributed by atoms with van der Waals surface area (Å²) in [5.74, 6) is 0.976. The van der Waals surface area contributed by atoms with Crippen LogP contribution >= 0.6 is 0 Å². The minimum absolute atomic E-state index is 0.571. The highest BCUT2D eigenvalue weighted by Crippen LogP contribution is 2.29. The third-order valence-electron chi connectivity index (χ3n) is 4.14. The number of hydrogen-bond acceptors (Lipinski definition) is 2. The van der Waals surface area contributed by atoms with E-state index in [0.717, 1.165) is 18.7 Å². The molecule has 2 heteroatoms. The number of benzene rings is 2. The molecule has 114 valence electrons. The van der Waals surface area contributed by atoms with Gasteiger partial charge in [0.25, 0.3) is 0 Å². The molecule has 0 atom stereocenters. The standard InChI is InChI=1S/C19H27NO/c1-14(2)20(15(3)4)13-12-17-9-6-8-16-10-7-11-18(21-5)19(16)17/h6-11,14-15H,12-13H2,1-5H3. The molecule has 0 saturated heterocycles. The van der Waals surface area contributed by atoms with Crippen LogP contribution in [0.2, 0.25) is 0 Å². The van der Waals surface area contributed by atoms with Gasteiger partial charge in [-0.15, -0.1) is 0 Å². The highest BCUT2D eigenvalue weighted by molar-refractivity contribution is 5.91. The van der Waals surface area contributed by atoms with Gasteiger partial charge in [0, 0.05) is 24.0 Å². The van der Waals surface area contributed by atoms with Crippen LogP contribution in [0.15, 0.2) is 36.4 Å². The van der Waals surface area contributed by atoms with Crippen molar-refractivity contribution < 1.29 is 4.74 Å². The van der Waals surface area contributed by atoms with Gasteiger partial charge in [0.15, 0.2) is 0 Å². The van der Waals surface area contributed by atoms with Crippen LogP contribution in [0.4, 0.5) is 0 Å². The molecule has 2 nitrogen and oxygen atoms in total. The van der Waals surface area contributed by atoms with E-state index >= 15 is 0 Å². The van der Waals surface area contributed by atoms with E-state index in [1.807, 2.05) is 0 Å². The summed E-state index contributed by atoms with van der Waals surface area (Å²) in [5, 5.41) is 2.52. The lowest BCUT2D eigenvalue weighted by molar-refractivity contribution is 0.177. The molecule has 0 saturated carbocycles. The second-order valence-corrected chi connectivity index (χ2v) is 6.15. The Balaban J connectivity index is 2.30. The van der Waals surface area contributed by atoms with Crippen LogP contribution in [0.3, 0.4) is 0 Å². The summed E-state index contributed by atoms with van der Waals surface area (Å²) in [7, 11) is 1.75. The van der Waals surface area contributed by atoms with Crippen LogP contribution in [0.25, 0.3) is 10.8 Å². The maximum absolute atomic E-state index is 5.56. The van der Waals surface area contributed by atoms with Crippen molar-refractivity contribution >= 4 is 10.8 Å². The molecule has 0 heterocycles. The summed E-state index contributed by atoms with van der Waals surface area (Å²) in [4.78, 5) is 2.54. The Hall–Kier alpha value is -1.54. The second kappa shape index (κ2) is 6.95. The average molecular weight is 285 g/mol. The zero-order valence-corrected chi connectivity index (χ0v) is 13.9. The number of nitrogens with zero attached hydrogens (tertiary/aromatic N) is 1. The van der Waals surface area contributed by atoms with E-state index in [2.05, 4.69) is 69.0 Å². The average Bonchev–Trinajstić information content (AvgIpc) is 2.46. The molecule has 0 fully saturated rings. The quantitative estimate of drug-likeness (QED) is 0.774. The topological polar surface area (TPSA) is 12.5 Å². The lowest BCUT2D eigenvalue weighted by atomic mass is 10.0. The maximum atomic E-state index is 5.56. The van der Waals surface area contributed by atoms with Gasteiger partial charge in [-0.3, -0.25) is 4.90 Å². The predicted octanol–water partition coefficient (Wildman–Crippen LogP) is 4.51. The zero-order chi connectivity index (χ0) is 15.4. The van der Waals surface area contributed by atoms with Crippen LogP contribution in [0.1, 0.15) is 33.3 Å². The molecule has 21 heavy (non-hydrogen) atoms. The summed E-state index contributed by atoms with van der Waals surface area (Å²) >= 11 is 0. The largest absolute Gasteiger partial charge is 0.496 e. The van der Waals surface area contributed by atoms with E-state index in [9.17, 15) is 0 Å². The molecular weight excluding hydrogens is 258 g/mol. The number of methoxy groups -OCH3 is 1. The Morgan fingerprint density at radius 3 is 2.14 bits per heavy atom. The van der Waals surface area contributed by atoms with E-state index < -0.39 is 0 Å². The molecule has 0 amide bonds. The smallest absolute Gasteiger partial charge is 0.126 e. The third-order valence-corrected chi connectivity index (χ3v) is 4.14. The normalized spacial score (nSPS) is 11.8. The minimum atomic E-state index is 0.571. The number of ether oxygens (including phenoxy) is 1. The predicted molar refractivity (Wildman–Crippen MR) is 91.2 cm³/mol. The van der Waals surface area contributed by atoms with E-state index in [1.54, 1.807) is 7.11 Å². The summed E-state index contributed by atoms with van der Waals surface area (Å²) in [6, 6.07) is 13.9. The van der Waals surface area contributed by atoms with E-state index in [4.69, 9.17) is 4.74 Å². The number of hydrogen-bond donors (Lipinski definition) is 0. The molecule has 2 rings (SSSR count). The van der Waals surface area contributed by atoms with E-state index in [-0.39, 0.29) is 0 Å². The van der Waals surface area contributed by atoms with Crippen molar-refractivity contribution in [3.63, 3.8) is 0 Å². The van der Waals surface area contributed by atoms with Crippen LogP contribution < -0.4 is 4.74 Å². The molecule has 0 bridgehead atoms. The summed E-state index contributed by atoms with van der Waals surface area (Å²) in [6.07, 6.45) is 1.05. The van der Waals surface area contributed by atoms with Crippen LogP contribution in [-0.4, -0.2) is 30.6 Å². The number of rotatable bonds is 6. The third kappa shape index (κ3) is 3.56. The Morgan fingerprint density at radius 2 is 1.57 bits per heavy atom. The molecule has 2 aromatic carbocycles. The van der Waals surface area contributed by atoms with Gasteiger partial charge in [0.05, 0.1) is 7.11 Å². The molecule has 0 unspecified atom stereocenters. The van der Waals surface area contributed by atoms with Crippen LogP contribution in [0, 0.1) is 0 Å². The van der Waals surface area contributed by atoms with Crippen molar-refractivity contribution in [3.8, 4) is 5.75 Å². The maximum Gasteiger partial charge on any atom is 0.126 e. The Morgan fingerprint density at radius 1 is 0.952 bits per heavy atom. The second-order valence-electron chi connectivity index (χ2n) is 6.15. The fourth-order valence-electron chi connectivity index (χ4n) is 3.12. The molecule has 0 aliphatic rings. The van der Waals surface area contributed by atoms with Gasteiger partial charge in [0.1, 0.15) is 5.75 Å². The van der Waals surface area contributed by atoms with Gasteiger partial charge in [-0.05, 0) is 51.1 Å². The van der Waals surface area contributed by atoms with Gasteiger partial charge >= 0.3 is 0 Å². The highest BCUT2D eigenvalue weighted by Gasteiger charge is 2.14. The van der Waals surface area contributed by atoms with Crippen molar-refractivity contribution in [3.05, 3.63) is 42.0 Å². The molecular formula is C19H27NO. The van der Waals surface area contributed by atoms with E-state index in [1.165, 1.54) is 16.3 Å². The molecule has 0 spiro atoms. The first kappa shape index (κ1) is 15.8. The molecule has 0 N–H and O–H groups in total. The van der Waals surface area contributed by atoms with Gasteiger partial charge < -0.3 is 4.74 Å². The van der Waals surface area contributed by atoms with Gasteiger partial charge in [0.2, 0.25) is 0 Å². The SMILES string of the molecule is COc1cccc2cccc(CCN(C(C)C)C(C)C)c12. The summed E-state index contributed by atoms with van der Waals surface area (Å²) in [6.45, 7) is 10.1. The monoisotopic (exact) mass is 285 g/mol. The van der Waals surface area contributed by atoms with Gasteiger partial charge in [-0.2, -0.15) is 0 Å². The first-order valence-corrected chi connectivity index (χ1v) is 7.85. The Labute approximate surface area is 128 Å².